The molecular weight excluding hydrogens is 293 g/mol. The molecular formula is C12H15Cl2NO2S. The first kappa shape index (κ1) is 14.1. The molecule has 0 aromatic heterocycles. The Morgan fingerprint density at radius 1 is 1.33 bits per heavy atom. The van der Waals surface area contributed by atoms with E-state index in [-0.39, 0.29) is 23.5 Å². The number of rotatable bonds is 3. The van der Waals surface area contributed by atoms with E-state index in [9.17, 15) is 8.42 Å². The Morgan fingerprint density at radius 2 is 2.06 bits per heavy atom. The van der Waals surface area contributed by atoms with Crippen molar-refractivity contribution >= 4 is 33.0 Å². The van der Waals surface area contributed by atoms with Gasteiger partial charge in [-0.3, -0.25) is 0 Å². The third-order valence-corrected chi connectivity index (χ3v) is 5.89. The molecule has 1 aromatic carbocycles. The van der Waals surface area contributed by atoms with Crippen LogP contribution in [0, 0.1) is 5.92 Å². The quantitative estimate of drug-likeness (QED) is 0.934. The van der Waals surface area contributed by atoms with Crippen molar-refractivity contribution in [2.24, 2.45) is 5.92 Å². The highest BCUT2D eigenvalue weighted by Gasteiger charge is 2.33. The van der Waals surface area contributed by atoms with Crippen molar-refractivity contribution in [3.05, 3.63) is 33.8 Å². The van der Waals surface area contributed by atoms with Crippen LogP contribution in [0.4, 0.5) is 0 Å². The minimum Gasteiger partial charge on any atom is -0.313 e. The van der Waals surface area contributed by atoms with Crippen LogP contribution in [-0.4, -0.2) is 27.0 Å². The van der Waals surface area contributed by atoms with Crippen molar-refractivity contribution < 1.29 is 8.42 Å². The number of halogens is 2. The van der Waals surface area contributed by atoms with E-state index in [4.69, 9.17) is 23.2 Å². The average molecular weight is 308 g/mol. The van der Waals surface area contributed by atoms with Gasteiger partial charge in [0.05, 0.1) is 21.6 Å². The fourth-order valence-corrected chi connectivity index (χ4v) is 4.61. The Morgan fingerprint density at radius 3 is 2.56 bits per heavy atom. The SMILES string of the molecule is CNC(c1ccc(Cl)c(Cl)c1)C1CCS(=O)(=O)C1. The Hall–Kier alpha value is -0.290. The van der Waals surface area contributed by atoms with Gasteiger partial charge in [-0.15, -0.1) is 0 Å². The van der Waals surface area contributed by atoms with Crippen molar-refractivity contribution in [3.63, 3.8) is 0 Å². The summed E-state index contributed by atoms with van der Waals surface area (Å²) >= 11 is 11.9. The molecule has 1 heterocycles. The molecule has 0 spiro atoms. The molecule has 2 unspecified atom stereocenters. The maximum Gasteiger partial charge on any atom is 0.150 e. The number of hydrogen-bond donors (Lipinski definition) is 1. The molecule has 1 aromatic rings. The van der Waals surface area contributed by atoms with E-state index in [0.717, 1.165) is 5.56 Å². The molecule has 0 radical (unpaired) electrons. The summed E-state index contributed by atoms with van der Waals surface area (Å²) in [6.07, 6.45) is 0.689. The molecule has 1 saturated heterocycles. The minimum absolute atomic E-state index is 0.00274. The summed E-state index contributed by atoms with van der Waals surface area (Å²) in [6, 6.07) is 5.43. The van der Waals surface area contributed by atoms with Crippen molar-refractivity contribution in [1.82, 2.24) is 5.32 Å². The molecule has 1 N–H and O–H groups in total. The molecule has 3 nitrogen and oxygen atoms in total. The number of nitrogens with one attached hydrogen (secondary N) is 1. The molecule has 0 saturated carbocycles. The van der Waals surface area contributed by atoms with E-state index in [0.29, 0.717) is 16.5 Å². The first-order valence-corrected chi connectivity index (χ1v) is 8.33. The van der Waals surface area contributed by atoms with E-state index in [1.165, 1.54) is 0 Å². The molecule has 2 atom stereocenters. The van der Waals surface area contributed by atoms with Crippen molar-refractivity contribution in [1.29, 1.82) is 0 Å². The van der Waals surface area contributed by atoms with Gasteiger partial charge in [0, 0.05) is 6.04 Å². The third kappa shape index (κ3) is 2.99. The smallest absolute Gasteiger partial charge is 0.150 e. The van der Waals surface area contributed by atoms with E-state index < -0.39 is 9.84 Å². The zero-order chi connectivity index (χ0) is 13.3. The predicted molar refractivity (Wildman–Crippen MR) is 75.0 cm³/mol. The van der Waals surface area contributed by atoms with Crippen LogP contribution in [0.25, 0.3) is 0 Å². The van der Waals surface area contributed by atoms with Gasteiger partial charge < -0.3 is 5.32 Å². The zero-order valence-electron chi connectivity index (χ0n) is 9.99. The summed E-state index contributed by atoms with van der Waals surface area (Å²) in [5, 5.41) is 4.18. The first-order chi connectivity index (χ1) is 8.43. The second-order valence-electron chi connectivity index (χ2n) is 4.60. The maximum absolute atomic E-state index is 11.5. The fraction of sp³-hybridized carbons (Fsp3) is 0.500. The summed E-state index contributed by atoms with van der Waals surface area (Å²) in [5.41, 5.74) is 0.981. The van der Waals surface area contributed by atoms with Gasteiger partial charge in [-0.1, -0.05) is 29.3 Å². The lowest BCUT2D eigenvalue weighted by Crippen LogP contribution is -2.26. The molecule has 0 amide bonds. The lowest BCUT2D eigenvalue weighted by Gasteiger charge is -2.22. The normalized spacial score (nSPS) is 24.1. The minimum atomic E-state index is -2.88. The first-order valence-electron chi connectivity index (χ1n) is 5.75. The highest BCUT2D eigenvalue weighted by Crippen LogP contribution is 2.33. The molecule has 0 bridgehead atoms. The van der Waals surface area contributed by atoms with Gasteiger partial charge in [0.2, 0.25) is 0 Å². The maximum atomic E-state index is 11.5. The van der Waals surface area contributed by atoms with Gasteiger partial charge in [0.25, 0.3) is 0 Å². The summed E-state index contributed by atoms with van der Waals surface area (Å²) in [4.78, 5) is 0. The number of hydrogen-bond acceptors (Lipinski definition) is 3. The Labute approximate surface area is 117 Å². The summed E-state index contributed by atoms with van der Waals surface area (Å²) in [6.45, 7) is 0. The molecule has 100 valence electrons. The highest BCUT2D eigenvalue weighted by atomic mass is 35.5. The van der Waals surface area contributed by atoms with Gasteiger partial charge in [-0.25, -0.2) is 8.42 Å². The van der Waals surface area contributed by atoms with E-state index in [2.05, 4.69) is 5.32 Å². The van der Waals surface area contributed by atoms with Crippen LogP contribution < -0.4 is 5.32 Å². The van der Waals surface area contributed by atoms with Crippen molar-refractivity contribution in [2.45, 2.75) is 12.5 Å². The van der Waals surface area contributed by atoms with Crippen LogP contribution in [0.5, 0.6) is 0 Å². The molecule has 2 rings (SSSR count). The molecule has 1 aliphatic rings. The lowest BCUT2D eigenvalue weighted by molar-refractivity contribution is 0.419. The molecule has 0 aliphatic carbocycles. The van der Waals surface area contributed by atoms with Gasteiger partial charge in [0.1, 0.15) is 0 Å². The molecule has 1 aliphatic heterocycles. The standard InChI is InChI=1S/C12H15Cl2NO2S/c1-15-12(9-4-5-18(16,17)7-9)8-2-3-10(13)11(14)6-8/h2-3,6,9,12,15H,4-5,7H2,1H3. The number of sulfone groups is 1. The fourth-order valence-electron chi connectivity index (χ4n) is 2.47. The monoisotopic (exact) mass is 307 g/mol. The zero-order valence-corrected chi connectivity index (χ0v) is 12.3. The van der Waals surface area contributed by atoms with Crippen LogP contribution in [0.15, 0.2) is 18.2 Å². The Bertz CT molecular complexity index is 545. The Balaban J connectivity index is 2.26. The van der Waals surface area contributed by atoms with E-state index in [1.807, 2.05) is 13.1 Å². The Kier molecular flexibility index (Phi) is 4.22. The van der Waals surface area contributed by atoms with Crippen molar-refractivity contribution in [2.75, 3.05) is 18.6 Å². The topological polar surface area (TPSA) is 46.2 Å². The van der Waals surface area contributed by atoms with E-state index >= 15 is 0 Å². The number of benzene rings is 1. The largest absolute Gasteiger partial charge is 0.313 e. The van der Waals surface area contributed by atoms with Gasteiger partial charge in [-0.05, 0) is 37.1 Å². The van der Waals surface area contributed by atoms with Crippen LogP contribution in [0.1, 0.15) is 18.0 Å². The van der Waals surface area contributed by atoms with E-state index in [1.54, 1.807) is 12.1 Å². The van der Waals surface area contributed by atoms with Crippen molar-refractivity contribution in [3.8, 4) is 0 Å². The van der Waals surface area contributed by atoms with Crippen LogP contribution in [0.3, 0.4) is 0 Å². The lowest BCUT2D eigenvalue weighted by atomic mass is 9.93. The molecule has 18 heavy (non-hydrogen) atoms. The second-order valence-corrected chi connectivity index (χ2v) is 7.65. The predicted octanol–water partition coefficient (Wildman–Crippen LogP) is 2.69. The summed E-state index contributed by atoms with van der Waals surface area (Å²) < 4.78 is 23.1. The van der Waals surface area contributed by atoms with Crippen LogP contribution in [0.2, 0.25) is 10.0 Å². The molecule has 6 heteroatoms. The summed E-state index contributed by atoms with van der Waals surface area (Å²) in [5.74, 6) is 0.605. The van der Waals surface area contributed by atoms with Gasteiger partial charge in [0.15, 0.2) is 9.84 Å². The van der Waals surface area contributed by atoms with Crippen LogP contribution >= 0.6 is 23.2 Å². The van der Waals surface area contributed by atoms with Gasteiger partial charge >= 0.3 is 0 Å². The van der Waals surface area contributed by atoms with Crippen LogP contribution in [-0.2, 0) is 9.84 Å². The van der Waals surface area contributed by atoms with Gasteiger partial charge in [-0.2, -0.15) is 0 Å². The highest BCUT2D eigenvalue weighted by molar-refractivity contribution is 7.91. The second kappa shape index (κ2) is 5.37. The third-order valence-electron chi connectivity index (χ3n) is 3.35. The summed E-state index contributed by atoms with van der Waals surface area (Å²) in [7, 11) is -1.04. The average Bonchev–Trinajstić information content (AvgIpc) is 2.65. The molecule has 1 fully saturated rings.